The van der Waals surface area contributed by atoms with Crippen molar-refractivity contribution in [2.24, 2.45) is 5.92 Å². The van der Waals surface area contributed by atoms with Crippen LogP contribution < -0.4 is 0 Å². The van der Waals surface area contributed by atoms with Crippen LogP contribution in [0.5, 0.6) is 0 Å². The third-order valence-corrected chi connectivity index (χ3v) is 4.06. The molecule has 0 aromatic carbocycles. The van der Waals surface area contributed by atoms with E-state index in [4.69, 9.17) is 23.2 Å². The molecular formula is C10H18Cl2. The van der Waals surface area contributed by atoms with Gasteiger partial charge in [0, 0.05) is 0 Å². The molecule has 1 aliphatic rings. The van der Waals surface area contributed by atoms with Gasteiger partial charge < -0.3 is 0 Å². The highest BCUT2D eigenvalue weighted by molar-refractivity contribution is 6.30. The highest BCUT2D eigenvalue weighted by Crippen LogP contribution is 2.35. The molecule has 0 bridgehead atoms. The topological polar surface area (TPSA) is 0 Å². The van der Waals surface area contributed by atoms with Crippen LogP contribution in [-0.4, -0.2) is 10.8 Å². The molecule has 1 rings (SSSR count). The van der Waals surface area contributed by atoms with Crippen LogP contribution in [0.15, 0.2) is 0 Å². The fourth-order valence-corrected chi connectivity index (χ4v) is 2.70. The predicted octanol–water partition coefficient (Wildman–Crippen LogP) is 4.19. The first-order valence-corrected chi connectivity index (χ1v) is 5.91. The van der Waals surface area contributed by atoms with Crippen molar-refractivity contribution in [3.8, 4) is 0 Å². The molecular weight excluding hydrogens is 191 g/mol. The second kappa shape index (κ2) is 5.34. The standard InChI is InChI=1S/C10H18Cl2/c1-2-3-5-8-6-4-7-9(11)10(8)12/h8-10H,2-7H2,1H3. The third-order valence-electron chi connectivity index (χ3n) is 2.78. The van der Waals surface area contributed by atoms with E-state index >= 15 is 0 Å². The number of unbranched alkanes of at least 4 members (excludes halogenated alkanes) is 1. The number of alkyl halides is 2. The van der Waals surface area contributed by atoms with Crippen molar-refractivity contribution in [3.05, 3.63) is 0 Å². The molecule has 2 heteroatoms. The van der Waals surface area contributed by atoms with E-state index < -0.39 is 0 Å². The molecule has 0 aliphatic heterocycles. The van der Waals surface area contributed by atoms with E-state index in [1.165, 1.54) is 32.1 Å². The van der Waals surface area contributed by atoms with Crippen molar-refractivity contribution in [1.29, 1.82) is 0 Å². The molecule has 1 saturated carbocycles. The van der Waals surface area contributed by atoms with E-state index in [-0.39, 0.29) is 10.8 Å². The first kappa shape index (κ1) is 10.7. The Morgan fingerprint density at radius 1 is 1.25 bits per heavy atom. The van der Waals surface area contributed by atoms with Gasteiger partial charge in [0.05, 0.1) is 10.8 Å². The maximum Gasteiger partial charge on any atom is 0.0527 e. The molecule has 0 spiro atoms. The highest BCUT2D eigenvalue weighted by Gasteiger charge is 2.29. The van der Waals surface area contributed by atoms with Gasteiger partial charge in [0.2, 0.25) is 0 Å². The second-order valence-corrected chi connectivity index (χ2v) is 4.86. The fourth-order valence-electron chi connectivity index (χ4n) is 1.96. The Morgan fingerprint density at radius 2 is 2.00 bits per heavy atom. The molecule has 3 atom stereocenters. The lowest BCUT2D eigenvalue weighted by Gasteiger charge is -2.30. The normalized spacial score (nSPS) is 36.8. The average molecular weight is 209 g/mol. The Labute approximate surface area is 85.6 Å². The van der Waals surface area contributed by atoms with E-state index in [9.17, 15) is 0 Å². The zero-order valence-electron chi connectivity index (χ0n) is 7.73. The van der Waals surface area contributed by atoms with Crippen LogP contribution >= 0.6 is 23.2 Å². The molecule has 72 valence electrons. The molecule has 0 aromatic rings. The van der Waals surface area contributed by atoms with Crippen molar-refractivity contribution in [2.75, 3.05) is 0 Å². The maximum absolute atomic E-state index is 6.24. The molecule has 0 saturated heterocycles. The van der Waals surface area contributed by atoms with Crippen LogP contribution in [0.4, 0.5) is 0 Å². The molecule has 3 unspecified atom stereocenters. The lowest BCUT2D eigenvalue weighted by molar-refractivity contribution is 0.342. The van der Waals surface area contributed by atoms with Crippen LogP contribution in [0, 0.1) is 5.92 Å². The Hall–Kier alpha value is 0.580. The van der Waals surface area contributed by atoms with E-state index in [0.29, 0.717) is 5.92 Å². The van der Waals surface area contributed by atoms with Gasteiger partial charge in [-0.05, 0) is 25.2 Å². The van der Waals surface area contributed by atoms with E-state index in [2.05, 4.69) is 6.92 Å². The smallest absolute Gasteiger partial charge is 0.0527 e. The molecule has 0 radical (unpaired) electrons. The van der Waals surface area contributed by atoms with Crippen LogP contribution in [0.3, 0.4) is 0 Å². The van der Waals surface area contributed by atoms with Crippen molar-refractivity contribution >= 4 is 23.2 Å². The summed E-state index contributed by atoms with van der Waals surface area (Å²) in [5.41, 5.74) is 0. The van der Waals surface area contributed by atoms with Crippen molar-refractivity contribution < 1.29 is 0 Å². The minimum absolute atomic E-state index is 0.224. The van der Waals surface area contributed by atoms with Crippen LogP contribution in [-0.2, 0) is 0 Å². The minimum atomic E-state index is 0.224. The summed E-state index contributed by atoms with van der Waals surface area (Å²) >= 11 is 12.3. The van der Waals surface area contributed by atoms with Gasteiger partial charge in [-0.3, -0.25) is 0 Å². The van der Waals surface area contributed by atoms with Gasteiger partial charge in [-0.2, -0.15) is 0 Å². The van der Waals surface area contributed by atoms with Gasteiger partial charge >= 0.3 is 0 Å². The molecule has 0 amide bonds. The van der Waals surface area contributed by atoms with E-state index in [1.54, 1.807) is 0 Å². The SMILES string of the molecule is CCCCC1CCCC(Cl)C1Cl. The second-order valence-electron chi connectivity index (χ2n) is 3.79. The summed E-state index contributed by atoms with van der Waals surface area (Å²) < 4.78 is 0. The molecule has 0 aromatic heterocycles. The number of rotatable bonds is 3. The quantitative estimate of drug-likeness (QED) is 0.611. The van der Waals surface area contributed by atoms with Gasteiger partial charge in [0.25, 0.3) is 0 Å². The Morgan fingerprint density at radius 3 is 2.67 bits per heavy atom. The largest absolute Gasteiger partial charge is 0.121 e. The molecule has 0 heterocycles. The summed E-state index contributed by atoms with van der Waals surface area (Å²) in [6.07, 6.45) is 7.51. The van der Waals surface area contributed by atoms with Gasteiger partial charge in [0.15, 0.2) is 0 Å². The van der Waals surface area contributed by atoms with Crippen LogP contribution in [0.2, 0.25) is 0 Å². The van der Waals surface area contributed by atoms with Crippen LogP contribution in [0.25, 0.3) is 0 Å². The fraction of sp³-hybridized carbons (Fsp3) is 1.00. The van der Waals surface area contributed by atoms with Gasteiger partial charge in [-0.15, -0.1) is 23.2 Å². The minimum Gasteiger partial charge on any atom is -0.121 e. The summed E-state index contributed by atoms with van der Waals surface area (Å²) in [7, 11) is 0. The van der Waals surface area contributed by atoms with Crippen molar-refractivity contribution in [1.82, 2.24) is 0 Å². The monoisotopic (exact) mass is 208 g/mol. The molecule has 0 N–H and O–H groups in total. The first-order chi connectivity index (χ1) is 5.75. The molecule has 1 aliphatic carbocycles. The Kier molecular flexibility index (Phi) is 4.74. The number of hydrogen-bond donors (Lipinski definition) is 0. The number of halogens is 2. The number of hydrogen-bond acceptors (Lipinski definition) is 0. The lowest BCUT2D eigenvalue weighted by Crippen LogP contribution is -2.29. The van der Waals surface area contributed by atoms with Crippen LogP contribution in [0.1, 0.15) is 45.4 Å². The Bertz CT molecular complexity index is 125. The van der Waals surface area contributed by atoms with Crippen molar-refractivity contribution in [3.63, 3.8) is 0 Å². The Balaban J connectivity index is 2.30. The molecule has 1 fully saturated rings. The third kappa shape index (κ3) is 2.81. The maximum atomic E-state index is 6.24. The zero-order valence-corrected chi connectivity index (χ0v) is 9.24. The summed E-state index contributed by atoms with van der Waals surface area (Å²) in [5.74, 6) is 0.683. The van der Waals surface area contributed by atoms with Gasteiger partial charge in [0.1, 0.15) is 0 Å². The zero-order chi connectivity index (χ0) is 8.97. The average Bonchev–Trinajstić information content (AvgIpc) is 2.08. The molecule has 12 heavy (non-hydrogen) atoms. The van der Waals surface area contributed by atoms with E-state index in [1.807, 2.05) is 0 Å². The summed E-state index contributed by atoms with van der Waals surface area (Å²) in [5, 5.41) is 0.453. The summed E-state index contributed by atoms with van der Waals surface area (Å²) in [6, 6.07) is 0. The van der Waals surface area contributed by atoms with Gasteiger partial charge in [-0.1, -0.05) is 26.2 Å². The molecule has 0 nitrogen and oxygen atoms in total. The van der Waals surface area contributed by atoms with E-state index in [0.717, 1.165) is 6.42 Å². The summed E-state index contributed by atoms with van der Waals surface area (Å²) in [6.45, 7) is 2.23. The summed E-state index contributed by atoms with van der Waals surface area (Å²) in [4.78, 5) is 0. The first-order valence-electron chi connectivity index (χ1n) is 5.03. The van der Waals surface area contributed by atoms with Crippen molar-refractivity contribution in [2.45, 2.75) is 56.2 Å². The highest BCUT2D eigenvalue weighted by atomic mass is 35.5. The lowest BCUT2D eigenvalue weighted by atomic mass is 9.85. The predicted molar refractivity (Wildman–Crippen MR) is 56.1 cm³/mol. The van der Waals surface area contributed by atoms with Gasteiger partial charge in [-0.25, -0.2) is 0 Å².